The van der Waals surface area contributed by atoms with Crippen LogP contribution in [0.15, 0.2) is 18.2 Å². The Morgan fingerprint density at radius 3 is 2.89 bits per heavy atom. The smallest absolute Gasteiger partial charge is 0.151 e. The van der Waals surface area contributed by atoms with Crippen LogP contribution < -0.4 is 10.5 Å². The fraction of sp³-hybridized carbons (Fsp3) is 0.571. The van der Waals surface area contributed by atoms with Crippen LogP contribution in [0.4, 0.5) is 0 Å². The van der Waals surface area contributed by atoms with Gasteiger partial charge < -0.3 is 20.7 Å². The Balaban J connectivity index is 2.20. The van der Waals surface area contributed by atoms with E-state index in [1.54, 1.807) is 0 Å². The van der Waals surface area contributed by atoms with Crippen LogP contribution in [0.2, 0.25) is 0 Å². The first-order valence-electron chi connectivity index (χ1n) is 6.49. The summed E-state index contributed by atoms with van der Waals surface area (Å²) in [6.45, 7) is 2.61. The van der Waals surface area contributed by atoms with E-state index in [1.807, 2.05) is 19.1 Å². The van der Waals surface area contributed by atoms with Gasteiger partial charge in [0.25, 0.3) is 0 Å². The van der Waals surface area contributed by atoms with Crippen molar-refractivity contribution in [2.75, 3.05) is 6.61 Å². The van der Waals surface area contributed by atoms with E-state index in [9.17, 15) is 0 Å². The molecule has 1 aliphatic carbocycles. The Labute approximate surface area is 107 Å². The molecule has 4 heteroatoms. The second-order valence-corrected chi connectivity index (χ2v) is 4.79. The predicted octanol–water partition coefficient (Wildman–Crippen LogP) is 1.14. The van der Waals surface area contributed by atoms with Gasteiger partial charge in [0.1, 0.15) is 5.75 Å². The lowest BCUT2D eigenvalue weighted by atomic mass is 9.93. The number of hydrogen-bond donors (Lipinski definition) is 3. The number of rotatable bonds is 5. The zero-order valence-corrected chi connectivity index (χ0v) is 10.7. The van der Waals surface area contributed by atoms with Crippen molar-refractivity contribution in [1.82, 2.24) is 0 Å². The van der Waals surface area contributed by atoms with E-state index in [0.29, 0.717) is 19.4 Å². The topological polar surface area (TPSA) is 75.7 Å². The summed E-state index contributed by atoms with van der Waals surface area (Å²) in [5, 5.41) is 18.0. The molecule has 0 saturated heterocycles. The largest absolute Gasteiger partial charge is 0.494 e. The van der Waals surface area contributed by atoms with Crippen LogP contribution in [0.3, 0.4) is 0 Å². The van der Waals surface area contributed by atoms with Crippen LogP contribution in [0.5, 0.6) is 5.75 Å². The average Bonchev–Trinajstić information content (AvgIpc) is 2.64. The van der Waals surface area contributed by atoms with Gasteiger partial charge in [-0.2, -0.15) is 0 Å². The molecule has 100 valence electrons. The van der Waals surface area contributed by atoms with Crippen LogP contribution in [-0.2, 0) is 6.42 Å². The molecule has 0 amide bonds. The molecule has 1 aromatic rings. The first kappa shape index (κ1) is 13.3. The number of fused-ring (bicyclic) bond motifs is 1. The van der Waals surface area contributed by atoms with Gasteiger partial charge in [0.15, 0.2) is 6.29 Å². The van der Waals surface area contributed by atoms with Crippen molar-refractivity contribution in [3.63, 3.8) is 0 Å². The standard InChI is InChI=1S/C14H21NO3/c1-2-18-13-5-3-4-9-10(6-7-14(16)17)12(15)8-11(9)13/h3-5,10,12,14,16-17H,2,6-8,15H2,1H3. The first-order valence-corrected chi connectivity index (χ1v) is 6.49. The van der Waals surface area contributed by atoms with Crippen LogP contribution >= 0.6 is 0 Å². The van der Waals surface area contributed by atoms with Crippen molar-refractivity contribution >= 4 is 0 Å². The molecule has 0 saturated carbocycles. The molecule has 0 bridgehead atoms. The summed E-state index contributed by atoms with van der Waals surface area (Å²) < 4.78 is 5.62. The maximum atomic E-state index is 8.98. The van der Waals surface area contributed by atoms with Gasteiger partial charge in [-0.3, -0.25) is 0 Å². The van der Waals surface area contributed by atoms with E-state index in [4.69, 9.17) is 20.7 Å². The molecule has 0 aliphatic heterocycles. The van der Waals surface area contributed by atoms with Gasteiger partial charge in [0.2, 0.25) is 0 Å². The highest BCUT2D eigenvalue weighted by atomic mass is 16.5. The number of benzene rings is 1. The van der Waals surface area contributed by atoms with E-state index >= 15 is 0 Å². The van der Waals surface area contributed by atoms with Gasteiger partial charge in [0, 0.05) is 6.04 Å². The van der Waals surface area contributed by atoms with Crippen LogP contribution in [-0.4, -0.2) is 29.2 Å². The molecular formula is C14H21NO3. The number of ether oxygens (including phenoxy) is 1. The molecule has 0 radical (unpaired) electrons. The molecular weight excluding hydrogens is 230 g/mol. The number of nitrogens with two attached hydrogens (primary N) is 1. The van der Waals surface area contributed by atoms with Crippen molar-refractivity contribution in [2.24, 2.45) is 5.73 Å². The monoisotopic (exact) mass is 251 g/mol. The van der Waals surface area contributed by atoms with Crippen molar-refractivity contribution in [3.05, 3.63) is 29.3 Å². The minimum atomic E-state index is -1.25. The maximum Gasteiger partial charge on any atom is 0.151 e. The van der Waals surface area contributed by atoms with E-state index in [1.165, 1.54) is 11.1 Å². The van der Waals surface area contributed by atoms with E-state index < -0.39 is 6.29 Å². The molecule has 1 aromatic carbocycles. The zero-order valence-electron chi connectivity index (χ0n) is 10.7. The fourth-order valence-corrected chi connectivity index (χ4v) is 2.75. The van der Waals surface area contributed by atoms with Crippen LogP contribution in [0, 0.1) is 0 Å². The van der Waals surface area contributed by atoms with Crippen molar-refractivity contribution < 1.29 is 14.9 Å². The molecule has 0 aromatic heterocycles. The highest BCUT2D eigenvalue weighted by molar-refractivity contribution is 5.47. The van der Waals surface area contributed by atoms with E-state index in [0.717, 1.165) is 12.2 Å². The van der Waals surface area contributed by atoms with Gasteiger partial charge >= 0.3 is 0 Å². The van der Waals surface area contributed by atoms with Crippen LogP contribution in [0.1, 0.15) is 36.8 Å². The molecule has 2 rings (SSSR count). The summed E-state index contributed by atoms with van der Waals surface area (Å²) in [5.41, 5.74) is 8.55. The quantitative estimate of drug-likeness (QED) is 0.686. The molecule has 4 N–H and O–H groups in total. The Bertz CT molecular complexity index is 406. The van der Waals surface area contributed by atoms with Crippen molar-refractivity contribution in [2.45, 2.75) is 44.4 Å². The Hall–Kier alpha value is -1.10. The first-order chi connectivity index (χ1) is 8.63. The second-order valence-electron chi connectivity index (χ2n) is 4.79. The maximum absolute atomic E-state index is 8.98. The zero-order chi connectivity index (χ0) is 13.1. The molecule has 4 nitrogen and oxygen atoms in total. The lowest BCUT2D eigenvalue weighted by Crippen LogP contribution is -2.25. The van der Waals surface area contributed by atoms with Gasteiger partial charge in [-0.25, -0.2) is 0 Å². The fourth-order valence-electron chi connectivity index (χ4n) is 2.75. The van der Waals surface area contributed by atoms with Gasteiger partial charge in [0.05, 0.1) is 6.61 Å². The summed E-state index contributed by atoms with van der Waals surface area (Å²) in [5.74, 6) is 1.11. The molecule has 0 fully saturated rings. The third-order valence-electron chi connectivity index (χ3n) is 3.56. The lowest BCUT2D eigenvalue weighted by molar-refractivity contribution is -0.0475. The average molecular weight is 251 g/mol. The SMILES string of the molecule is CCOc1cccc2c1CC(N)C2CCC(O)O. The molecule has 0 heterocycles. The summed E-state index contributed by atoms with van der Waals surface area (Å²) in [6, 6.07) is 6.06. The summed E-state index contributed by atoms with van der Waals surface area (Å²) >= 11 is 0. The van der Waals surface area contributed by atoms with E-state index in [-0.39, 0.29) is 12.0 Å². The van der Waals surface area contributed by atoms with Crippen molar-refractivity contribution in [1.29, 1.82) is 0 Å². The minimum absolute atomic E-state index is 0.0420. The summed E-state index contributed by atoms with van der Waals surface area (Å²) in [6.07, 6.45) is 0.604. The molecule has 0 spiro atoms. The summed E-state index contributed by atoms with van der Waals surface area (Å²) in [7, 11) is 0. The van der Waals surface area contributed by atoms with Gasteiger partial charge in [-0.05, 0) is 49.3 Å². The minimum Gasteiger partial charge on any atom is -0.494 e. The number of aliphatic hydroxyl groups excluding tert-OH is 1. The normalized spacial score (nSPS) is 22.3. The van der Waals surface area contributed by atoms with Crippen molar-refractivity contribution in [3.8, 4) is 5.75 Å². The van der Waals surface area contributed by atoms with E-state index in [2.05, 4.69) is 6.07 Å². The second kappa shape index (κ2) is 5.69. The molecule has 18 heavy (non-hydrogen) atoms. The number of aliphatic hydroxyl groups is 2. The number of hydrogen-bond acceptors (Lipinski definition) is 4. The Morgan fingerprint density at radius 1 is 1.44 bits per heavy atom. The Morgan fingerprint density at radius 2 is 2.22 bits per heavy atom. The van der Waals surface area contributed by atoms with Gasteiger partial charge in [-0.15, -0.1) is 0 Å². The molecule has 2 unspecified atom stereocenters. The predicted molar refractivity (Wildman–Crippen MR) is 69.5 cm³/mol. The molecule has 1 aliphatic rings. The highest BCUT2D eigenvalue weighted by Gasteiger charge is 2.31. The molecule has 2 atom stereocenters. The third-order valence-corrected chi connectivity index (χ3v) is 3.56. The highest BCUT2D eigenvalue weighted by Crippen LogP contribution is 2.40. The lowest BCUT2D eigenvalue weighted by Gasteiger charge is -2.17. The Kier molecular flexibility index (Phi) is 4.22. The van der Waals surface area contributed by atoms with Gasteiger partial charge in [-0.1, -0.05) is 12.1 Å². The third kappa shape index (κ3) is 2.66. The van der Waals surface area contributed by atoms with Crippen LogP contribution in [0.25, 0.3) is 0 Å². The summed E-state index contributed by atoms with van der Waals surface area (Å²) in [4.78, 5) is 0.